The molecule has 2 rings (SSSR count). The fourth-order valence-corrected chi connectivity index (χ4v) is 1.88. The molecule has 0 saturated carbocycles. The van der Waals surface area contributed by atoms with E-state index in [1.54, 1.807) is 37.2 Å². The van der Waals surface area contributed by atoms with Crippen molar-refractivity contribution >= 4 is 5.91 Å². The average Bonchev–Trinajstić information content (AvgIpc) is 2.87. The van der Waals surface area contributed by atoms with Gasteiger partial charge in [-0.2, -0.15) is 5.10 Å². The second kappa shape index (κ2) is 5.83. The maximum atomic E-state index is 12.4. The number of amides is 1. The molecule has 0 aliphatic carbocycles. The second-order valence-corrected chi connectivity index (χ2v) is 4.71. The second-order valence-electron chi connectivity index (χ2n) is 4.71. The number of nitrogens with zero attached hydrogens (tertiary/aromatic N) is 4. The van der Waals surface area contributed by atoms with Gasteiger partial charge in [0.2, 0.25) is 0 Å². The van der Waals surface area contributed by atoms with E-state index >= 15 is 0 Å². The third-order valence-corrected chi connectivity index (χ3v) is 3.39. The zero-order chi connectivity index (χ0) is 14.7. The van der Waals surface area contributed by atoms with Crippen molar-refractivity contribution in [2.45, 2.75) is 19.9 Å². The van der Waals surface area contributed by atoms with E-state index in [1.807, 2.05) is 19.1 Å². The summed E-state index contributed by atoms with van der Waals surface area (Å²) in [6.45, 7) is 3.57. The maximum Gasteiger partial charge on any atom is 0.257 e. The molecule has 2 aromatic heterocycles. The Hall–Kier alpha value is -2.21. The van der Waals surface area contributed by atoms with E-state index in [-0.39, 0.29) is 18.6 Å². The minimum atomic E-state index is -0.230. The van der Waals surface area contributed by atoms with Gasteiger partial charge in [-0.3, -0.25) is 9.78 Å². The van der Waals surface area contributed by atoms with Crippen LogP contribution in [0.2, 0.25) is 0 Å². The lowest BCUT2D eigenvalue weighted by Gasteiger charge is -2.22. The summed E-state index contributed by atoms with van der Waals surface area (Å²) in [5.41, 5.74) is 2.15. The van der Waals surface area contributed by atoms with Crippen molar-refractivity contribution in [2.24, 2.45) is 0 Å². The first-order valence-corrected chi connectivity index (χ1v) is 6.39. The number of carbonyl (C=O) groups is 1. The first-order valence-electron chi connectivity index (χ1n) is 6.39. The van der Waals surface area contributed by atoms with Gasteiger partial charge in [-0.25, -0.2) is 4.68 Å². The lowest BCUT2D eigenvalue weighted by Crippen LogP contribution is -2.37. The number of rotatable bonds is 4. The van der Waals surface area contributed by atoms with Crippen LogP contribution in [-0.4, -0.2) is 50.4 Å². The predicted octanol–water partition coefficient (Wildman–Crippen LogP) is 1.03. The molecule has 0 aliphatic heterocycles. The van der Waals surface area contributed by atoms with Gasteiger partial charge in [0, 0.05) is 19.4 Å². The van der Waals surface area contributed by atoms with E-state index in [0.717, 1.165) is 11.4 Å². The normalized spacial score (nSPS) is 12.2. The monoisotopic (exact) mass is 274 g/mol. The first kappa shape index (κ1) is 14.2. The molecule has 0 aliphatic rings. The highest BCUT2D eigenvalue weighted by molar-refractivity contribution is 5.95. The summed E-state index contributed by atoms with van der Waals surface area (Å²) in [5, 5.41) is 13.4. The molecule has 1 amide bonds. The van der Waals surface area contributed by atoms with Crippen LogP contribution in [0.5, 0.6) is 0 Å². The quantitative estimate of drug-likeness (QED) is 0.904. The average molecular weight is 274 g/mol. The Labute approximate surface area is 117 Å². The van der Waals surface area contributed by atoms with Gasteiger partial charge in [0.05, 0.1) is 35.8 Å². The SMILES string of the molecule is Cc1c(C(=O)N(C)C(C)CO)cnn1-c1ccncc1. The van der Waals surface area contributed by atoms with Gasteiger partial charge in [-0.05, 0) is 26.0 Å². The van der Waals surface area contributed by atoms with Crippen molar-refractivity contribution in [1.82, 2.24) is 19.7 Å². The van der Waals surface area contributed by atoms with Gasteiger partial charge in [-0.15, -0.1) is 0 Å². The topological polar surface area (TPSA) is 71.2 Å². The highest BCUT2D eigenvalue weighted by atomic mass is 16.3. The molecule has 1 unspecified atom stereocenters. The molecule has 20 heavy (non-hydrogen) atoms. The van der Waals surface area contributed by atoms with Gasteiger partial charge < -0.3 is 10.0 Å². The lowest BCUT2D eigenvalue weighted by molar-refractivity contribution is 0.0681. The molecule has 0 aromatic carbocycles. The van der Waals surface area contributed by atoms with Crippen molar-refractivity contribution in [3.8, 4) is 5.69 Å². The fraction of sp³-hybridized carbons (Fsp3) is 0.357. The van der Waals surface area contributed by atoms with Crippen molar-refractivity contribution in [3.63, 3.8) is 0 Å². The zero-order valence-corrected chi connectivity index (χ0v) is 11.8. The smallest absolute Gasteiger partial charge is 0.257 e. The minimum Gasteiger partial charge on any atom is -0.394 e. The number of hydrogen-bond donors (Lipinski definition) is 1. The van der Waals surface area contributed by atoms with E-state index < -0.39 is 0 Å². The van der Waals surface area contributed by atoms with Crippen LogP contribution in [0.3, 0.4) is 0 Å². The molecule has 2 aromatic rings. The van der Waals surface area contributed by atoms with Gasteiger partial charge in [0.1, 0.15) is 0 Å². The molecule has 106 valence electrons. The first-order chi connectivity index (χ1) is 9.56. The van der Waals surface area contributed by atoms with E-state index in [2.05, 4.69) is 10.1 Å². The Morgan fingerprint density at radius 2 is 2.10 bits per heavy atom. The molecule has 2 heterocycles. The molecule has 6 heteroatoms. The van der Waals surface area contributed by atoms with Crippen molar-refractivity contribution in [3.05, 3.63) is 42.0 Å². The Kier molecular flexibility index (Phi) is 4.14. The van der Waals surface area contributed by atoms with E-state index in [0.29, 0.717) is 5.56 Å². The van der Waals surface area contributed by atoms with E-state index in [1.165, 1.54) is 4.90 Å². The summed E-state index contributed by atoms with van der Waals surface area (Å²) in [6, 6.07) is 3.43. The van der Waals surface area contributed by atoms with E-state index in [9.17, 15) is 4.79 Å². The van der Waals surface area contributed by atoms with Crippen molar-refractivity contribution in [1.29, 1.82) is 0 Å². The van der Waals surface area contributed by atoms with Crippen LogP contribution >= 0.6 is 0 Å². The van der Waals surface area contributed by atoms with Crippen LogP contribution in [-0.2, 0) is 0 Å². The minimum absolute atomic E-state index is 0.0697. The van der Waals surface area contributed by atoms with Crippen LogP contribution in [0, 0.1) is 6.92 Å². The Morgan fingerprint density at radius 3 is 2.70 bits per heavy atom. The summed E-state index contributed by atoms with van der Waals surface area (Å²) >= 11 is 0. The molecule has 0 bridgehead atoms. The number of likely N-dealkylation sites (N-methyl/N-ethyl adjacent to an activating group) is 1. The highest BCUT2D eigenvalue weighted by Crippen LogP contribution is 2.15. The number of aliphatic hydroxyl groups excluding tert-OH is 1. The molecule has 6 nitrogen and oxygen atoms in total. The molecule has 1 N–H and O–H groups in total. The molecule has 0 radical (unpaired) electrons. The number of aromatic nitrogens is 3. The van der Waals surface area contributed by atoms with E-state index in [4.69, 9.17) is 5.11 Å². The van der Waals surface area contributed by atoms with Crippen LogP contribution in [0.1, 0.15) is 23.0 Å². The molecule has 1 atom stereocenters. The third-order valence-electron chi connectivity index (χ3n) is 3.39. The van der Waals surface area contributed by atoms with Gasteiger partial charge >= 0.3 is 0 Å². The Morgan fingerprint density at radius 1 is 1.45 bits per heavy atom. The summed E-state index contributed by atoms with van der Waals surface area (Å²) in [7, 11) is 1.67. The summed E-state index contributed by atoms with van der Waals surface area (Å²) < 4.78 is 1.70. The van der Waals surface area contributed by atoms with Crippen LogP contribution < -0.4 is 0 Å². The summed E-state index contributed by atoms with van der Waals surface area (Å²) in [5.74, 6) is -0.149. The number of hydrogen-bond acceptors (Lipinski definition) is 4. The predicted molar refractivity (Wildman–Crippen MR) is 74.7 cm³/mol. The molecular formula is C14H18N4O2. The number of pyridine rings is 1. The maximum absolute atomic E-state index is 12.4. The van der Waals surface area contributed by atoms with Crippen LogP contribution in [0.25, 0.3) is 5.69 Å². The molecule has 0 fully saturated rings. The number of aliphatic hydroxyl groups is 1. The van der Waals surface area contributed by atoms with Crippen LogP contribution in [0.15, 0.2) is 30.7 Å². The molecule has 0 saturated heterocycles. The van der Waals surface area contributed by atoms with Gasteiger partial charge in [-0.1, -0.05) is 0 Å². The summed E-state index contributed by atoms with van der Waals surface area (Å²) in [4.78, 5) is 17.8. The van der Waals surface area contributed by atoms with Crippen molar-refractivity contribution < 1.29 is 9.90 Å². The van der Waals surface area contributed by atoms with Gasteiger partial charge in [0.25, 0.3) is 5.91 Å². The van der Waals surface area contributed by atoms with Gasteiger partial charge in [0.15, 0.2) is 0 Å². The summed E-state index contributed by atoms with van der Waals surface area (Å²) in [6.07, 6.45) is 4.91. The molecular weight excluding hydrogens is 256 g/mol. The fourth-order valence-electron chi connectivity index (χ4n) is 1.88. The molecule has 0 spiro atoms. The largest absolute Gasteiger partial charge is 0.394 e. The Balaban J connectivity index is 2.32. The standard InChI is InChI=1S/C14H18N4O2/c1-10(9-19)17(3)14(20)13-8-16-18(11(13)2)12-4-6-15-7-5-12/h4-8,10,19H,9H2,1-3H3. The Bertz CT molecular complexity index is 594. The highest BCUT2D eigenvalue weighted by Gasteiger charge is 2.21. The zero-order valence-electron chi connectivity index (χ0n) is 11.8. The lowest BCUT2D eigenvalue weighted by atomic mass is 10.2. The number of carbonyl (C=O) groups excluding carboxylic acids is 1. The third kappa shape index (κ3) is 2.55. The van der Waals surface area contributed by atoms with Crippen LogP contribution in [0.4, 0.5) is 0 Å². The van der Waals surface area contributed by atoms with Crippen molar-refractivity contribution in [2.75, 3.05) is 13.7 Å².